The number of carbonyl (C=O) groups excluding carboxylic acids is 3. The first-order valence-corrected chi connectivity index (χ1v) is 12.5. The van der Waals surface area contributed by atoms with Gasteiger partial charge in [0.15, 0.2) is 0 Å². The van der Waals surface area contributed by atoms with Crippen molar-refractivity contribution in [3.8, 4) is 0 Å². The summed E-state index contributed by atoms with van der Waals surface area (Å²) in [5.41, 5.74) is 4.39. The van der Waals surface area contributed by atoms with Crippen molar-refractivity contribution in [2.75, 3.05) is 11.9 Å². The second-order valence-corrected chi connectivity index (χ2v) is 9.91. The van der Waals surface area contributed by atoms with E-state index >= 15 is 0 Å². The van der Waals surface area contributed by atoms with Crippen LogP contribution in [0.2, 0.25) is 5.02 Å². The lowest BCUT2D eigenvalue weighted by Crippen LogP contribution is -2.36. The SMILES string of the molecule is Cc1cccc(NC(=O)CN2C(=O)S/C(=C/c3cn(Cc4ccccc4Cl)c4ccccc34)C2=O)c1. The Hall–Kier alpha value is -3.81. The van der Waals surface area contributed by atoms with Crippen LogP contribution in [0, 0.1) is 6.92 Å². The summed E-state index contributed by atoms with van der Waals surface area (Å²) in [6.07, 6.45) is 3.67. The summed E-state index contributed by atoms with van der Waals surface area (Å²) in [5, 5.41) is 3.91. The molecule has 0 bridgehead atoms. The summed E-state index contributed by atoms with van der Waals surface area (Å²) >= 11 is 7.21. The van der Waals surface area contributed by atoms with Crippen LogP contribution in [0.4, 0.5) is 10.5 Å². The number of thioether (sulfide) groups is 1. The first-order chi connectivity index (χ1) is 17.4. The molecule has 1 saturated heterocycles. The molecule has 0 spiro atoms. The summed E-state index contributed by atoms with van der Waals surface area (Å²) in [6.45, 7) is 2.14. The number of hydrogen-bond donors (Lipinski definition) is 1. The fourth-order valence-corrected chi connectivity index (χ4v) is 5.20. The molecular formula is C28H22ClN3O3S. The van der Waals surface area contributed by atoms with Crippen LogP contribution < -0.4 is 5.32 Å². The van der Waals surface area contributed by atoms with Gasteiger partial charge in [0.1, 0.15) is 6.54 Å². The molecule has 1 fully saturated rings. The summed E-state index contributed by atoms with van der Waals surface area (Å²) < 4.78 is 2.07. The Labute approximate surface area is 217 Å². The molecule has 0 unspecified atom stereocenters. The molecule has 8 heteroatoms. The van der Waals surface area contributed by atoms with Crippen LogP contribution in [-0.2, 0) is 16.1 Å². The number of benzene rings is 3. The smallest absolute Gasteiger partial charge is 0.294 e. The average Bonchev–Trinajstić information content (AvgIpc) is 3.32. The van der Waals surface area contributed by atoms with Gasteiger partial charge in [-0.1, -0.05) is 60.1 Å². The van der Waals surface area contributed by atoms with Crippen molar-refractivity contribution in [1.29, 1.82) is 0 Å². The third-order valence-corrected chi connectivity index (χ3v) is 7.16. The van der Waals surface area contributed by atoms with E-state index in [4.69, 9.17) is 11.6 Å². The number of rotatable bonds is 6. The van der Waals surface area contributed by atoms with E-state index in [0.717, 1.165) is 44.3 Å². The van der Waals surface area contributed by atoms with Gasteiger partial charge in [0.25, 0.3) is 11.1 Å². The molecule has 3 aromatic carbocycles. The predicted octanol–water partition coefficient (Wildman–Crippen LogP) is 6.33. The van der Waals surface area contributed by atoms with Gasteiger partial charge in [-0.05, 0) is 60.2 Å². The molecule has 0 radical (unpaired) electrons. The predicted molar refractivity (Wildman–Crippen MR) is 145 cm³/mol. The Bertz CT molecular complexity index is 1540. The number of halogens is 1. The molecule has 1 N–H and O–H groups in total. The fourth-order valence-electron chi connectivity index (χ4n) is 4.18. The number of hydrogen-bond acceptors (Lipinski definition) is 4. The van der Waals surface area contributed by atoms with Crippen LogP contribution in [0.3, 0.4) is 0 Å². The Kier molecular flexibility index (Phi) is 6.67. The number of carbonyl (C=O) groups is 3. The van der Waals surface area contributed by atoms with Crippen LogP contribution in [0.15, 0.2) is 83.9 Å². The second-order valence-electron chi connectivity index (χ2n) is 8.51. The van der Waals surface area contributed by atoms with Crippen molar-refractivity contribution in [3.63, 3.8) is 0 Å². The molecular weight excluding hydrogens is 494 g/mol. The molecule has 36 heavy (non-hydrogen) atoms. The molecule has 2 heterocycles. The first kappa shape index (κ1) is 23.9. The highest BCUT2D eigenvalue weighted by Crippen LogP contribution is 2.34. The minimum Gasteiger partial charge on any atom is -0.342 e. The maximum absolute atomic E-state index is 13.1. The van der Waals surface area contributed by atoms with Crippen LogP contribution in [0.5, 0.6) is 0 Å². The number of para-hydroxylation sites is 1. The monoisotopic (exact) mass is 515 g/mol. The number of anilines is 1. The van der Waals surface area contributed by atoms with Crippen molar-refractivity contribution in [2.45, 2.75) is 13.5 Å². The molecule has 180 valence electrons. The number of aryl methyl sites for hydroxylation is 1. The average molecular weight is 516 g/mol. The van der Waals surface area contributed by atoms with E-state index in [2.05, 4.69) is 9.88 Å². The molecule has 0 saturated carbocycles. The fraction of sp³-hybridized carbons (Fsp3) is 0.107. The summed E-state index contributed by atoms with van der Waals surface area (Å²) in [7, 11) is 0. The molecule has 3 amide bonds. The third-order valence-electron chi connectivity index (χ3n) is 5.88. The summed E-state index contributed by atoms with van der Waals surface area (Å²) in [6, 6.07) is 22.9. The molecule has 1 aliphatic heterocycles. The minimum absolute atomic E-state index is 0.281. The van der Waals surface area contributed by atoms with Gasteiger partial charge in [-0.25, -0.2) is 0 Å². The third kappa shape index (κ3) is 4.94. The topological polar surface area (TPSA) is 71.4 Å². The highest BCUT2D eigenvalue weighted by Gasteiger charge is 2.36. The lowest BCUT2D eigenvalue weighted by atomic mass is 10.1. The Morgan fingerprint density at radius 3 is 2.61 bits per heavy atom. The molecule has 0 aliphatic carbocycles. The van der Waals surface area contributed by atoms with E-state index in [1.54, 1.807) is 12.1 Å². The number of amides is 3. The van der Waals surface area contributed by atoms with Gasteiger partial charge in [0.2, 0.25) is 5.91 Å². The van der Waals surface area contributed by atoms with Crippen molar-refractivity contribution in [3.05, 3.63) is 106 Å². The van der Waals surface area contributed by atoms with Gasteiger partial charge in [-0.15, -0.1) is 0 Å². The maximum Gasteiger partial charge on any atom is 0.294 e. The molecule has 6 nitrogen and oxygen atoms in total. The van der Waals surface area contributed by atoms with Gasteiger partial charge in [0.05, 0.1) is 4.91 Å². The number of imide groups is 1. The quantitative estimate of drug-likeness (QED) is 0.305. The van der Waals surface area contributed by atoms with Crippen molar-refractivity contribution in [1.82, 2.24) is 9.47 Å². The minimum atomic E-state index is -0.479. The van der Waals surface area contributed by atoms with Crippen molar-refractivity contribution in [2.24, 2.45) is 0 Å². The zero-order valence-electron chi connectivity index (χ0n) is 19.4. The maximum atomic E-state index is 13.1. The van der Waals surface area contributed by atoms with Gasteiger partial charge in [-0.3, -0.25) is 19.3 Å². The lowest BCUT2D eigenvalue weighted by molar-refractivity contribution is -0.127. The summed E-state index contributed by atoms with van der Waals surface area (Å²) in [4.78, 5) is 39.4. The zero-order chi connectivity index (χ0) is 25.2. The van der Waals surface area contributed by atoms with E-state index in [9.17, 15) is 14.4 Å². The van der Waals surface area contributed by atoms with Gasteiger partial charge >= 0.3 is 0 Å². The van der Waals surface area contributed by atoms with E-state index in [0.29, 0.717) is 17.3 Å². The Morgan fingerprint density at radius 1 is 1.03 bits per heavy atom. The van der Waals surface area contributed by atoms with Crippen molar-refractivity contribution < 1.29 is 14.4 Å². The van der Waals surface area contributed by atoms with E-state index in [1.165, 1.54) is 0 Å². The van der Waals surface area contributed by atoms with Gasteiger partial charge in [0, 0.05) is 39.9 Å². The lowest BCUT2D eigenvalue weighted by Gasteiger charge is -2.12. The summed E-state index contributed by atoms with van der Waals surface area (Å²) in [5.74, 6) is -0.909. The van der Waals surface area contributed by atoms with Crippen LogP contribution >= 0.6 is 23.4 Å². The highest BCUT2D eigenvalue weighted by atomic mass is 35.5. The van der Waals surface area contributed by atoms with Crippen LogP contribution in [0.1, 0.15) is 16.7 Å². The van der Waals surface area contributed by atoms with Crippen LogP contribution in [0.25, 0.3) is 17.0 Å². The zero-order valence-corrected chi connectivity index (χ0v) is 21.0. The molecule has 4 aromatic rings. The Balaban J connectivity index is 1.38. The molecule has 1 aliphatic rings. The van der Waals surface area contributed by atoms with E-state index < -0.39 is 17.1 Å². The first-order valence-electron chi connectivity index (χ1n) is 11.3. The molecule has 0 atom stereocenters. The van der Waals surface area contributed by atoms with E-state index in [1.807, 2.05) is 79.9 Å². The number of nitrogens with one attached hydrogen (secondary N) is 1. The largest absolute Gasteiger partial charge is 0.342 e. The van der Waals surface area contributed by atoms with Gasteiger partial charge in [-0.2, -0.15) is 0 Å². The van der Waals surface area contributed by atoms with Crippen LogP contribution in [-0.4, -0.2) is 33.1 Å². The highest BCUT2D eigenvalue weighted by molar-refractivity contribution is 8.18. The number of aromatic nitrogens is 1. The Morgan fingerprint density at radius 2 is 1.81 bits per heavy atom. The number of fused-ring (bicyclic) bond motifs is 1. The van der Waals surface area contributed by atoms with Gasteiger partial charge < -0.3 is 9.88 Å². The molecule has 1 aromatic heterocycles. The number of nitrogens with zero attached hydrogens (tertiary/aromatic N) is 2. The standard InChI is InChI=1S/C28H22ClN3O3S/c1-18-7-6-9-21(13-18)30-26(33)17-32-27(34)25(36-28(32)35)14-20-16-31(24-12-5-3-10-22(20)24)15-19-8-2-4-11-23(19)29/h2-14,16H,15,17H2,1H3,(H,30,33)/b25-14+. The second kappa shape index (κ2) is 10.0. The molecule has 5 rings (SSSR count). The van der Waals surface area contributed by atoms with E-state index in [-0.39, 0.29) is 11.4 Å². The normalized spacial score (nSPS) is 14.7. The van der Waals surface area contributed by atoms with Crippen molar-refractivity contribution >= 4 is 63.1 Å².